The van der Waals surface area contributed by atoms with Crippen LogP contribution < -0.4 is 5.32 Å². The molecule has 2 aromatic rings. The lowest BCUT2D eigenvalue weighted by Gasteiger charge is -2.01. The van der Waals surface area contributed by atoms with Gasteiger partial charge >= 0.3 is 0 Å². The Morgan fingerprint density at radius 2 is 2.24 bits per heavy atom. The standard InChI is InChI=1S/C14H17NS2/c1-2-14(16-7-1)12-8-13(17-10-12)9-15-6-5-11-3-4-11/h1-2,7-8,10-11,15H,3-6,9H2. The van der Waals surface area contributed by atoms with Crippen LogP contribution in [0.25, 0.3) is 10.4 Å². The highest BCUT2D eigenvalue weighted by Crippen LogP contribution is 2.32. The van der Waals surface area contributed by atoms with Crippen molar-refractivity contribution in [3.05, 3.63) is 33.8 Å². The Balaban J connectivity index is 1.50. The largest absolute Gasteiger partial charge is 0.312 e. The second-order valence-corrected chi connectivity index (χ2v) is 6.63. The Bertz CT molecular complexity index is 454. The Hall–Kier alpha value is -0.640. The van der Waals surface area contributed by atoms with Gasteiger partial charge in [-0.3, -0.25) is 0 Å². The van der Waals surface area contributed by atoms with E-state index in [9.17, 15) is 0 Å². The zero-order chi connectivity index (χ0) is 11.5. The number of rotatable bonds is 6. The molecule has 1 aliphatic rings. The number of hydrogen-bond donors (Lipinski definition) is 1. The number of hydrogen-bond acceptors (Lipinski definition) is 3. The highest BCUT2D eigenvalue weighted by Gasteiger charge is 2.19. The molecule has 1 nitrogen and oxygen atoms in total. The predicted octanol–water partition coefficient (Wildman–Crippen LogP) is 4.37. The van der Waals surface area contributed by atoms with E-state index in [-0.39, 0.29) is 0 Å². The van der Waals surface area contributed by atoms with Crippen molar-refractivity contribution >= 4 is 22.7 Å². The van der Waals surface area contributed by atoms with Gasteiger partial charge in [-0.25, -0.2) is 0 Å². The quantitative estimate of drug-likeness (QED) is 0.763. The molecule has 0 aliphatic heterocycles. The SMILES string of the molecule is c1csc(-c2csc(CNCCC3CC3)c2)c1. The van der Waals surface area contributed by atoms with Gasteiger partial charge in [0.2, 0.25) is 0 Å². The van der Waals surface area contributed by atoms with Gasteiger partial charge in [0.15, 0.2) is 0 Å². The van der Waals surface area contributed by atoms with Gasteiger partial charge in [-0.1, -0.05) is 18.9 Å². The average Bonchev–Trinajstić information content (AvgIpc) is 2.84. The van der Waals surface area contributed by atoms with Gasteiger partial charge in [-0.2, -0.15) is 0 Å². The lowest BCUT2D eigenvalue weighted by atomic mass is 10.2. The molecule has 3 rings (SSSR count). The fraction of sp³-hybridized carbons (Fsp3) is 0.429. The van der Waals surface area contributed by atoms with E-state index in [0.717, 1.165) is 12.5 Å². The maximum atomic E-state index is 3.55. The molecule has 0 radical (unpaired) electrons. The zero-order valence-corrected chi connectivity index (χ0v) is 11.4. The van der Waals surface area contributed by atoms with Crippen LogP contribution in [-0.4, -0.2) is 6.54 Å². The van der Waals surface area contributed by atoms with Crippen LogP contribution in [0, 0.1) is 5.92 Å². The van der Waals surface area contributed by atoms with Gasteiger partial charge in [0.25, 0.3) is 0 Å². The van der Waals surface area contributed by atoms with Crippen LogP contribution in [0.2, 0.25) is 0 Å². The van der Waals surface area contributed by atoms with Crippen LogP contribution in [-0.2, 0) is 6.54 Å². The molecule has 17 heavy (non-hydrogen) atoms. The van der Waals surface area contributed by atoms with E-state index in [1.807, 2.05) is 22.7 Å². The second kappa shape index (κ2) is 5.34. The van der Waals surface area contributed by atoms with Crippen LogP contribution in [0.4, 0.5) is 0 Å². The third kappa shape index (κ3) is 3.18. The first kappa shape index (κ1) is 11.5. The highest BCUT2D eigenvalue weighted by molar-refractivity contribution is 7.14. The zero-order valence-electron chi connectivity index (χ0n) is 9.82. The summed E-state index contributed by atoms with van der Waals surface area (Å²) < 4.78 is 0. The minimum absolute atomic E-state index is 1.03. The van der Waals surface area contributed by atoms with Crippen LogP contribution in [0.1, 0.15) is 24.1 Å². The monoisotopic (exact) mass is 263 g/mol. The summed E-state index contributed by atoms with van der Waals surface area (Å²) in [5.41, 5.74) is 1.38. The molecule has 0 atom stereocenters. The minimum Gasteiger partial charge on any atom is -0.312 e. The van der Waals surface area contributed by atoms with Gasteiger partial charge in [0.1, 0.15) is 0 Å². The summed E-state index contributed by atoms with van der Waals surface area (Å²) in [6.45, 7) is 2.21. The molecular formula is C14H17NS2. The maximum absolute atomic E-state index is 3.55. The molecule has 90 valence electrons. The van der Waals surface area contributed by atoms with Gasteiger partial charge in [-0.15, -0.1) is 22.7 Å². The Labute approximate surface area is 111 Å². The van der Waals surface area contributed by atoms with Gasteiger partial charge < -0.3 is 5.32 Å². The molecule has 1 fully saturated rings. The molecular weight excluding hydrogens is 246 g/mol. The lowest BCUT2D eigenvalue weighted by Crippen LogP contribution is -2.14. The van der Waals surface area contributed by atoms with Gasteiger partial charge in [0.05, 0.1) is 0 Å². The molecule has 0 spiro atoms. The summed E-state index contributed by atoms with van der Waals surface area (Å²) in [4.78, 5) is 2.83. The van der Waals surface area contributed by atoms with Crippen LogP contribution >= 0.6 is 22.7 Å². The van der Waals surface area contributed by atoms with Crippen molar-refractivity contribution in [3.8, 4) is 10.4 Å². The molecule has 2 aromatic heterocycles. The summed E-state index contributed by atoms with van der Waals surface area (Å²) in [5, 5.41) is 7.95. The van der Waals surface area contributed by atoms with E-state index in [1.165, 1.54) is 41.1 Å². The summed E-state index contributed by atoms with van der Waals surface area (Å²) in [5.74, 6) is 1.03. The highest BCUT2D eigenvalue weighted by atomic mass is 32.1. The van der Waals surface area contributed by atoms with E-state index < -0.39 is 0 Å². The van der Waals surface area contributed by atoms with Gasteiger partial charge in [0, 0.05) is 21.9 Å². The molecule has 3 heteroatoms. The van der Waals surface area contributed by atoms with E-state index in [2.05, 4.69) is 34.3 Å². The molecule has 1 aliphatic carbocycles. The molecule has 2 heterocycles. The van der Waals surface area contributed by atoms with Crippen LogP contribution in [0.3, 0.4) is 0 Å². The second-order valence-electron chi connectivity index (χ2n) is 4.69. The van der Waals surface area contributed by atoms with Crippen LogP contribution in [0.5, 0.6) is 0 Å². The van der Waals surface area contributed by atoms with Crippen molar-refractivity contribution in [3.63, 3.8) is 0 Å². The Kier molecular flexibility index (Phi) is 3.60. The number of thiophene rings is 2. The van der Waals surface area contributed by atoms with Crippen molar-refractivity contribution in [1.82, 2.24) is 5.32 Å². The third-order valence-electron chi connectivity index (χ3n) is 3.18. The Morgan fingerprint density at radius 1 is 1.29 bits per heavy atom. The van der Waals surface area contributed by atoms with E-state index >= 15 is 0 Å². The van der Waals surface area contributed by atoms with E-state index in [1.54, 1.807) is 0 Å². The van der Waals surface area contributed by atoms with Crippen LogP contribution in [0.15, 0.2) is 29.0 Å². The molecule has 0 amide bonds. The predicted molar refractivity (Wildman–Crippen MR) is 76.7 cm³/mol. The first-order valence-electron chi connectivity index (χ1n) is 6.24. The summed E-state index contributed by atoms with van der Waals surface area (Å²) in [6.07, 6.45) is 4.29. The fourth-order valence-electron chi connectivity index (χ4n) is 1.97. The summed E-state index contributed by atoms with van der Waals surface area (Å²) in [7, 11) is 0. The normalized spacial score (nSPS) is 15.3. The molecule has 0 aromatic carbocycles. The molecule has 0 bridgehead atoms. The van der Waals surface area contributed by atoms with Crippen molar-refractivity contribution in [2.45, 2.75) is 25.8 Å². The average molecular weight is 263 g/mol. The maximum Gasteiger partial charge on any atom is 0.0351 e. The number of nitrogens with one attached hydrogen (secondary N) is 1. The van der Waals surface area contributed by atoms with Gasteiger partial charge in [-0.05, 0) is 41.8 Å². The van der Waals surface area contributed by atoms with Crippen molar-refractivity contribution in [2.75, 3.05) is 6.54 Å². The van der Waals surface area contributed by atoms with Crippen molar-refractivity contribution in [1.29, 1.82) is 0 Å². The van der Waals surface area contributed by atoms with E-state index in [0.29, 0.717) is 0 Å². The minimum atomic E-state index is 1.03. The fourth-order valence-corrected chi connectivity index (χ4v) is 3.61. The van der Waals surface area contributed by atoms with Crippen molar-refractivity contribution in [2.24, 2.45) is 5.92 Å². The van der Waals surface area contributed by atoms with E-state index in [4.69, 9.17) is 0 Å². The lowest BCUT2D eigenvalue weighted by molar-refractivity contribution is 0.616. The summed E-state index contributed by atoms with van der Waals surface area (Å²) >= 11 is 3.68. The molecule has 0 unspecified atom stereocenters. The first-order chi connectivity index (χ1) is 8.42. The summed E-state index contributed by atoms with van der Waals surface area (Å²) in [6, 6.07) is 6.63. The molecule has 1 N–H and O–H groups in total. The molecule has 1 saturated carbocycles. The van der Waals surface area contributed by atoms with Crippen molar-refractivity contribution < 1.29 is 0 Å². The smallest absolute Gasteiger partial charge is 0.0351 e. The molecule has 0 saturated heterocycles. The third-order valence-corrected chi connectivity index (χ3v) is 5.04. The Morgan fingerprint density at radius 3 is 3.00 bits per heavy atom. The first-order valence-corrected chi connectivity index (χ1v) is 8.00. The topological polar surface area (TPSA) is 12.0 Å².